The summed E-state index contributed by atoms with van der Waals surface area (Å²) in [7, 11) is 0. The van der Waals surface area contributed by atoms with Crippen molar-refractivity contribution >= 4 is 103 Å². The number of carbonyl (C=O) groups is 4. The fourth-order valence-corrected chi connectivity index (χ4v) is 15.9. The minimum absolute atomic E-state index is 0.0616. The molecule has 6 aliphatic carbocycles. The number of hydrogen-bond donors (Lipinski definition) is 8. The molecule has 11 aromatic rings. The number of aryl methyl sites for hydroxylation is 2. The summed E-state index contributed by atoms with van der Waals surface area (Å²) in [6, 6.07) is 36.9. The van der Waals surface area contributed by atoms with Crippen LogP contribution in [0.3, 0.4) is 0 Å². The molecule has 0 saturated heterocycles. The van der Waals surface area contributed by atoms with Crippen LogP contribution in [0.5, 0.6) is 11.5 Å². The Morgan fingerprint density at radius 3 is 1.06 bits per heavy atom. The molecule has 0 bridgehead atoms. The molecule has 634 valence electrons. The van der Waals surface area contributed by atoms with Gasteiger partial charge in [0, 0.05) is 36.3 Å². The van der Waals surface area contributed by atoms with Gasteiger partial charge in [0.1, 0.15) is 23.1 Å². The first-order chi connectivity index (χ1) is 57.6. The standard InChI is InChI=1S/C25H27F2N3O3.2C23H23FN4O2.C20H25F2N3O3/c1-25(32,16-6-3-2-4-7-16)14-22(31)29-24-28-19-13-21(33-23(26)27)18(15-10-11-15)12-20(19)30(24)17-8-5-9-17;1-14-6-4-7-15(10-14)23(2,30)13-21(29)27-22-26-19-11-17(24)18(25-3)12-20(19)28(22)16-8-5-9-16;1-14-7-9-15(10-8-14)23(2,30)13-21(29)27-22-26-19-11-17(24)18(25-3)12-20(19)28(22)16-5-4-6-16;1-20(2,27)10-17(26)24-19-23-14-9-16(28-18(21)22)13(11-6-7-11)8-15(14)25(19)12-4-3-5-12/h2-4,6-7,12-13,15,17,23,32H,5,8-11,14H2,1H3,(H,28,29,31);4,6-7,10-12,16,30H,5,8-9,13H2,1-2H3,(H,26,27,29);7-12,16,30H,4-6,13H2,1-2H3,(H,26,27,29);8-9,11-12,18,27H,3-7,10H2,1-2H3,(H,23,24,26)/t25-;2*23-;/m000./s1. The lowest BCUT2D eigenvalue weighted by Gasteiger charge is -2.29. The Bertz CT molecular complexity index is 5800. The van der Waals surface area contributed by atoms with E-state index in [1.807, 2.05) is 92.8 Å². The Morgan fingerprint density at radius 2 is 0.744 bits per heavy atom. The summed E-state index contributed by atoms with van der Waals surface area (Å²) in [5.74, 6) is -0.561. The lowest BCUT2D eigenvalue weighted by Crippen LogP contribution is -2.30. The minimum atomic E-state index is -2.91. The van der Waals surface area contributed by atoms with Gasteiger partial charge in [0.2, 0.25) is 58.8 Å². The van der Waals surface area contributed by atoms with Gasteiger partial charge >= 0.3 is 13.2 Å². The molecule has 0 unspecified atom stereocenters. The number of nitrogens with one attached hydrogen (secondary N) is 4. The zero-order valence-electron chi connectivity index (χ0n) is 68.4. The molecular formula is C91H98F6N14O10. The highest BCUT2D eigenvalue weighted by molar-refractivity contribution is 5.96. The molecule has 0 aliphatic heterocycles. The number of rotatable bonds is 25. The first-order valence-electron chi connectivity index (χ1n) is 41.1. The van der Waals surface area contributed by atoms with Gasteiger partial charge in [-0.3, -0.25) is 40.4 Å². The van der Waals surface area contributed by atoms with Crippen LogP contribution in [-0.2, 0) is 36.0 Å². The highest BCUT2D eigenvalue weighted by atomic mass is 19.3. The van der Waals surface area contributed by atoms with Gasteiger partial charge in [0.05, 0.1) is 105 Å². The number of imidazole rings is 4. The molecule has 6 aliphatic rings. The molecule has 0 spiro atoms. The summed E-state index contributed by atoms with van der Waals surface area (Å²) in [6.07, 6.45) is 15.2. The third kappa shape index (κ3) is 19.8. The van der Waals surface area contributed by atoms with Gasteiger partial charge in [-0.15, -0.1) is 0 Å². The molecule has 24 nitrogen and oxygen atoms in total. The molecule has 17 rings (SSSR count). The zero-order chi connectivity index (χ0) is 86.1. The van der Waals surface area contributed by atoms with Crippen molar-refractivity contribution in [2.75, 3.05) is 21.3 Å². The van der Waals surface area contributed by atoms with Crippen molar-refractivity contribution in [3.63, 3.8) is 0 Å². The lowest BCUT2D eigenvalue weighted by atomic mass is 9.91. The summed E-state index contributed by atoms with van der Waals surface area (Å²) in [6.45, 7) is 20.4. The van der Waals surface area contributed by atoms with E-state index in [0.717, 1.165) is 136 Å². The van der Waals surface area contributed by atoms with Gasteiger partial charge in [-0.2, -0.15) is 17.6 Å². The van der Waals surface area contributed by atoms with Gasteiger partial charge in [-0.1, -0.05) is 90.0 Å². The van der Waals surface area contributed by atoms with Crippen LogP contribution >= 0.6 is 0 Å². The smallest absolute Gasteiger partial charge is 0.387 e. The van der Waals surface area contributed by atoms with Gasteiger partial charge in [0.25, 0.3) is 0 Å². The number of aromatic nitrogens is 8. The van der Waals surface area contributed by atoms with E-state index in [1.165, 1.54) is 24.3 Å². The number of carbonyl (C=O) groups excluding carboxylic acids is 4. The summed E-state index contributed by atoms with van der Waals surface area (Å²) in [5, 5.41) is 53.7. The van der Waals surface area contributed by atoms with E-state index < -0.39 is 47.3 Å². The first-order valence-corrected chi connectivity index (χ1v) is 41.1. The molecule has 30 heteroatoms. The number of benzene rings is 7. The quantitative estimate of drug-likeness (QED) is 0.0195. The highest BCUT2D eigenvalue weighted by Gasteiger charge is 2.38. The van der Waals surface area contributed by atoms with E-state index >= 15 is 0 Å². The van der Waals surface area contributed by atoms with Crippen molar-refractivity contribution in [2.45, 2.75) is 249 Å². The number of alkyl halides is 4. The van der Waals surface area contributed by atoms with E-state index in [1.54, 1.807) is 77.1 Å². The summed E-state index contributed by atoms with van der Waals surface area (Å²) in [4.78, 5) is 75.2. The maximum Gasteiger partial charge on any atom is 0.387 e. The predicted octanol–water partition coefficient (Wildman–Crippen LogP) is 19.8. The number of anilines is 4. The SMILES string of the molecule is CC(C)(O)CC(=O)Nc1nc2cc(OC(F)F)c(C3CC3)cc2n1C1CCC1.C[C@](O)(CC(=O)Nc1nc2cc(OC(F)F)c(C3CC3)cc2n1C1CCC1)c1ccccc1.[C-]#[N+]c1cc2c(cc1F)nc(NC(=O)C[C@](C)(O)c1ccc(C)cc1)n2C1CCC1.[C-]#[N+]c1cc2c(cc1F)nc(NC(=O)C[C@](C)(O)c1cccc(C)c1)n2C1CCC1. The number of amides is 4. The molecule has 7 aromatic carbocycles. The van der Waals surface area contributed by atoms with Crippen molar-refractivity contribution in [2.24, 2.45) is 0 Å². The zero-order valence-corrected chi connectivity index (χ0v) is 68.4. The molecule has 121 heavy (non-hydrogen) atoms. The molecule has 0 radical (unpaired) electrons. The number of nitrogens with zero attached hydrogens (tertiary/aromatic N) is 10. The normalized spacial score (nSPS) is 17.0. The van der Waals surface area contributed by atoms with E-state index in [9.17, 15) is 65.9 Å². The topological polar surface area (TPSA) is 296 Å². The first kappa shape index (κ1) is 85.7. The van der Waals surface area contributed by atoms with Gasteiger partial charge in [-0.25, -0.2) is 38.4 Å². The third-order valence-corrected chi connectivity index (χ3v) is 23.4. The van der Waals surface area contributed by atoms with Gasteiger partial charge in [0.15, 0.2) is 0 Å². The molecule has 3 atom stereocenters. The number of ether oxygens (including phenoxy) is 2. The lowest BCUT2D eigenvalue weighted by molar-refractivity contribution is -0.121. The molecule has 6 fully saturated rings. The fourth-order valence-electron chi connectivity index (χ4n) is 15.9. The average molecular weight is 1660 g/mol. The van der Waals surface area contributed by atoms with E-state index in [4.69, 9.17) is 22.6 Å². The Balaban J connectivity index is 0.000000132. The van der Waals surface area contributed by atoms with E-state index in [0.29, 0.717) is 73.6 Å². The second-order valence-corrected chi connectivity index (χ2v) is 34.1. The van der Waals surface area contributed by atoms with Crippen molar-refractivity contribution in [3.05, 3.63) is 201 Å². The second-order valence-electron chi connectivity index (χ2n) is 34.1. The van der Waals surface area contributed by atoms with E-state index in [2.05, 4.69) is 50.9 Å². The van der Waals surface area contributed by atoms with Crippen LogP contribution in [0.2, 0.25) is 0 Å². The second kappa shape index (κ2) is 35.2. The summed E-state index contributed by atoms with van der Waals surface area (Å²) in [5.41, 5.74) is 5.02. The number of aliphatic hydroxyl groups is 4. The van der Waals surface area contributed by atoms with E-state index in [-0.39, 0.29) is 108 Å². The highest BCUT2D eigenvalue weighted by Crippen LogP contribution is 2.50. The maximum absolute atomic E-state index is 14.1. The van der Waals surface area contributed by atoms with Crippen molar-refractivity contribution in [3.8, 4) is 11.5 Å². The molecule has 4 aromatic heterocycles. The van der Waals surface area contributed by atoms with Crippen LogP contribution in [0, 0.1) is 38.6 Å². The van der Waals surface area contributed by atoms with Crippen molar-refractivity contribution in [1.82, 2.24) is 38.2 Å². The average Bonchev–Trinajstić information content (AvgIpc) is 1.60. The predicted molar refractivity (Wildman–Crippen MR) is 447 cm³/mol. The van der Waals surface area contributed by atoms with Crippen molar-refractivity contribution in [1.29, 1.82) is 0 Å². The minimum Gasteiger partial charge on any atom is -0.434 e. The maximum atomic E-state index is 14.1. The number of halogens is 6. The Hall–Kier alpha value is -11.7. The largest absolute Gasteiger partial charge is 0.434 e. The molecular weight excluding hydrogens is 1560 g/mol. The molecule has 8 N–H and O–H groups in total. The Morgan fingerprint density at radius 1 is 0.421 bits per heavy atom. The summed E-state index contributed by atoms with van der Waals surface area (Å²) < 4.78 is 97.2. The third-order valence-electron chi connectivity index (χ3n) is 23.4. The van der Waals surface area contributed by atoms with Crippen LogP contribution in [0.1, 0.15) is 238 Å². The molecule has 4 amide bonds. The Labute approximate surface area is 695 Å². The molecule has 6 saturated carbocycles. The number of fused-ring (bicyclic) bond motifs is 4. The van der Waals surface area contributed by atoms with Crippen LogP contribution in [0.15, 0.2) is 127 Å². The fraction of sp³-hybridized carbons (Fsp3) is 0.429. The van der Waals surface area contributed by atoms with Crippen LogP contribution in [0.4, 0.5) is 61.5 Å². The van der Waals surface area contributed by atoms with Gasteiger partial charge in [-0.05, 0) is 227 Å². The van der Waals surface area contributed by atoms with Crippen LogP contribution < -0.4 is 30.7 Å². The van der Waals surface area contributed by atoms with Crippen molar-refractivity contribution < 1.29 is 75.4 Å². The number of hydrogen-bond acceptors (Lipinski definition) is 14. The summed E-state index contributed by atoms with van der Waals surface area (Å²) >= 11 is 0. The van der Waals surface area contributed by atoms with Gasteiger partial charge < -0.3 is 48.2 Å². The van der Waals surface area contributed by atoms with Crippen LogP contribution in [0.25, 0.3) is 53.8 Å². The van der Waals surface area contributed by atoms with Crippen LogP contribution in [-0.4, -0.2) is 101 Å². The Kier molecular flexibility index (Phi) is 24.9. The monoisotopic (exact) mass is 1660 g/mol. The molecule has 4 heterocycles.